The van der Waals surface area contributed by atoms with E-state index < -0.39 is 0 Å². The average molecular weight is 172 g/mol. The third kappa shape index (κ3) is 2.57. The second-order valence-corrected chi connectivity index (χ2v) is 3.31. The Balaban J connectivity index is 2.41. The molecule has 4 heteroatoms. The summed E-state index contributed by atoms with van der Waals surface area (Å²) in [6.45, 7) is 0.175. The van der Waals surface area contributed by atoms with Crippen molar-refractivity contribution in [2.75, 3.05) is 13.7 Å². The molecule has 0 aliphatic carbocycles. The van der Waals surface area contributed by atoms with E-state index in [0.29, 0.717) is 0 Å². The lowest BCUT2D eigenvalue weighted by atomic mass is 10.2. The fourth-order valence-electron chi connectivity index (χ4n) is 0.844. The van der Waals surface area contributed by atoms with E-state index in [-0.39, 0.29) is 12.6 Å². The maximum absolute atomic E-state index is 8.85. The Morgan fingerprint density at radius 2 is 2.64 bits per heavy atom. The molecule has 1 aromatic rings. The second kappa shape index (κ2) is 4.43. The molecule has 0 saturated heterocycles. The van der Waals surface area contributed by atoms with E-state index >= 15 is 0 Å². The predicted molar refractivity (Wildman–Crippen MR) is 45.8 cm³/mol. The minimum atomic E-state index is 0.162. The lowest BCUT2D eigenvalue weighted by Crippen LogP contribution is -2.30. The zero-order valence-corrected chi connectivity index (χ0v) is 7.27. The highest BCUT2D eigenvalue weighted by Gasteiger charge is 2.05. The van der Waals surface area contributed by atoms with Gasteiger partial charge in [-0.05, 0) is 7.05 Å². The minimum Gasteiger partial charge on any atom is -0.395 e. The van der Waals surface area contributed by atoms with Gasteiger partial charge in [0.2, 0.25) is 0 Å². The highest BCUT2D eigenvalue weighted by molar-refractivity contribution is 7.09. The van der Waals surface area contributed by atoms with Crippen LogP contribution in [0.15, 0.2) is 11.7 Å². The van der Waals surface area contributed by atoms with Crippen molar-refractivity contribution in [3.05, 3.63) is 16.6 Å². The van der Waals surface area contributed by atoms with Gasteiger partial charge in [0.25, 0.3) is 0 Å². The molecule has 11 heavy (non-hydrogen) atoms. The van der Waals surface area contributed by atoms with Gasteiger partial charge in [0.15, 0.2) is 0 Å². The van der Waals surface area contributed by atoms with Crippen molar-refractivity contribution in [3.63, 3.8) is 0 Å². The van der Waals surface area contributed by atoms with Gasteiger partial charge in [0.05, 0.1) is 12.1 Å². The van der Waals surface area contributed by atoms with Gasteiger partial charge >= 0.3 is 0 Å². The number of aromatic nitrogens is 1. The lowest BCUT2D eigenvalue weighted by Gasteiger charge is -2.10. The number of likely N-dealkylation sites (N-methyl/N-ethyl adjacent to an activating group) is 1. The first kappa shape index (κ1) is 8.64. The van der Waals surface area contributed by atoms with E-state index in [0.717, 1.165) is 6.42 Å². The standard InChI is InChI=1S/C7H12N2OS/c1-8-6(4-10)2-7-3-9-5-11-7/h3,5-6,8,10H,2,4H2,1H3. The Bertz CT molecular complexity index is 184. The van der Waals surface area contributed by atoms with E-state index in [9.17, 15) is 0 Å². The Morgan fingerprint density at radius 1 is 1.82 bits per heavy atom. The van der Waals surface area contributed by atoms with Crippen LogP contribution in [0.2, 0.25) is 0 Å². The van der Waals surface area contributed by atoms with Crippen LogP contribution in [0.1, 0.15) is 4.88 Å². The van der Waals surface area contributed by atoms with Gasteiger partial charge in [-0.1, -0.05) is 0 Å². The minimum absolute atomic E-state index is 0.162. The van der Waals surface area contributed by atoms with Gasteiger partial charge < -0.3 is 10.4 Å². The molecule has 0 bridgehead atoms. The van der Waals surface area contributed by atoms with Gasteiger partial charge in [0, 0.05) is 23.5 Å². The molecule has 1 heterocycles. The number of aliphatic hydroxyl groups excluding tert-OH is 1. The van der Waals surface area contributed by atoms with E-state index in [1.54, 1.807) is 16.8 Å². The molecule has 0 amide bonds. The first-order valence-electron chi connectivity index (χ1n) is 3.52. The number of hydrogen-bond donors (Lipinski definition) is 2. The maximum atomic E-state index is 8.85. The number of rotatable bonds is 4. The molecule has 2 N–H and O–H groups in total. The first-order valence-corrected chi connectivity index (χ1v) is 4.40. The van der Waals surface area contributed by atoms with Crippen molar-refractivity contribution in [2.24, 2.45) is 0 Å². The monoisotopic (exact) mass is 172 g/mol. The molecule has 3 nitrogen and oxygen atoms in total. The van der Waals surface area contributed by atoms with Crippen molar-refractivity contribution in [3.8, 4) is 0 Å². The molecule has 1 unspecified atom stereocenters. The first-order chi connectivity index (χ1) is 5.36. The Hall–Kier alpha value is -0.450. The van der Waals surface area contributed by atoms with Crippen LogP contribution in [0.4, 0.5) is 0 Å². The number of nitrogens with one attached hydrogen (secondary N) is 1. The quantitative estimate of drug-likeness (QED) is 0.685. The fourth-order valence-corrected chi connectivity index (χ4v) is 1.52. The van der Waals surface area contributed by atoms with E-state index in [1.165, 1.54) is 4.88 Å². The molecule has 1 atom stereocenters. The smallest absolute Gasteiger partial charge is 0.0794 e. The van der Waals surface area contributed by atoms with Crippen LogP contribution >= 0.6 is 11.3 Å². The Morgan fingerprint density at radius 3 is 3.09 bits per heavy atom. The van der Waals surface area contributed by atoms with Crippen molar-refractivity contribution >= 4 is 11.3 Å². The lowest BCUT2D eigenvalue weighted by molar-refractivity contribution is 0.248. The summed E-state index contributed by atoms with van der Waals surface area (Å²) in [7, 11) is 1.85. The zero-order valence-electron chi connectivity index (χ0n) is 6.45. The SMILES string of the molecule is CNC(CO)Cc1cncs1. The highest BCUT2D eigenvalue weighted by atomic mass is 32.1. The fraction of sp³-hybridized carbons (Fsp3) is 0.571. The summed E-state index contributed by atoms with van der Waals surface area (Å²) in [4.78, 5) is 5.16. The van der Waals surface area contributed by atoms with Crippen molar-refractivity contribution in [1.29, 1.82) is 0 Å². The summed E-state index contributed by atoms with van der Waals surface area (Å²) < 4.78 is 0. The topological polar surface area (TPSA) is 45.1 Å². The third-order valence-corrected chi connectivity index (χ3v) is 2.36. The van der Waals surface area contributed by atoms with Crippen molar-refractivity contribution < 1.29 is 5.11 Å². The van der Waals surface area contributed by atoms with Gasteiger partial charge in [-0.2, -0.15) is 0 Å². The number of aliphatic hydroxyl groups is 1. The maximum Gasteiger partial charge on any atom is 0.0794 e. The van der Waals surface area contributed by atoms with Gasteiger partial charge in [0.1, 0.15) is 0 Å². The van der Waals surface area contributed by atoms with Gasteiger partial charge in [-0.25, -0.2) is 0 Å². The van der Waals surface area contributed by atoms with Gasteiger partial charge in [-0.3, -0.25) is 4.98 Å². The summed E-state index contributed by atoms with van der Waals surface area (Å²) >= 11 is 1.62. The summed E-state index contributed by atoms with van der Waals surface area (Å²) in [6.07, 6.45) is 2.70. The number of thiazole rings is 1. The largest absolute Gasteiger partial charge is 0.395 e. The average Bonchev–Trinajstić information content (AvgIpc) is 2.52. The normalized spacial score (nSPS) is 13.3. The van der Waals surface area contributed by atoms with Crippen LogP contribution in [0, 0.1) is 0 Å². The molecule has 0 aliphatic rings. The molecule has 0 saturated carbocycles. The predicted octanol–water partition coefficient (Wildman–Crippen LogP) is 0.266. The second-order valence-electron chi connectivity index (χ2n) is 2.34. The van der Waals surface area contributed by atoms with Gasteiger partial charge in [-0.15, -0.1) is 11.3 Å². The molecular formula is C7H12N2OS. The van der Waals surface area contributed by atoms with Crippen LogP contribution in [-0.4, -0.2) is 29.8 Å². The molecule has 0 aromatic carbocycles. The van der Waals surface area contributed by atoms with Crippen LogP contribution in [-0.2, 0) is 6.42 Å². The van der Waals surface area contributed by atoms with Crippen LogP contribution < -0.4 is 5.32 Å². The molecule has 1 aromatic heterocycles. The number of hydrogen-bond acceptors (Lipinski definition) is 4. The zero-order chi connectivity index (χ0) is 8.10. The third-order valence-electron chi connectivity index (χ3n) is 1.56. The van der Waals surface area contributed by atoms with Crippen molar-refractivity contribution in [1.82, 2.24) is 10.3 Å². The molecule has 1 rings (SSSR count). The van der Waals surface area contributed by atoms with E-state index in [4.69, 9.17) is 5.11 Å². The van der Waals surface area contributed by atoms with Crippen LogP contribution in [0.25, 0.3) is 0 Å². The van der Waals surface area contributed by atoms with Crippen LogP contribution in [0.5, 0.6) is 0 Å². The molecule has 0 spiro atoms. The number of nitrogens with zero attached hydrogens (tertiary/aromatic N) is 1. The highest BCUT2D eigenvalue weighted by Crippen LogP contribution is 2.07. The molecule has 0 aliphatic heterocycles. The summed E-state index contributed by atoms with van der Waals surface area (Å²) in [6, 6.07) is 0.162. The Labute approximate surface area is 70.1 Å². The Kier molecular flexibility index (Phi) is 3.48. The summed E-state index contributed by atoms with van der Waals surface area (Å²) in [5.74, 6) is 0. The van der Waals surface area contributed by atoms with E-state index in [1.807, 2.05) is 13.2 Å². The van der Waals surface area contributed by atoms with Crippen molar-refractivity contribution in [2.45, 2.75) is 12.5 Å². The molecule has 0 fully saturated rings. The summed E-state index contributed by atoms with van der Waals surface area (Å²) in [5.41, 5.74) is 1.80. The molecular weight excluding hydrogens is 160 g/mol. The molecule has 62 valence electrons. The summed E-state index contributed by atoms with van der Waals surface area (Å²) in [5, 5.41) is 11.9. The van der Waals surface area contributed by atoms with Crippen LogP contribution in [0.3, 0.4) is 0 Å². The van der Waals surface area contributed by atoms with E-state index in [2.05, 4.69) is 10.3 Å². The molecule has 0 radical (unpaired) electrons.